The van der Waals surface area contributed by atoms with Gasteiger partial charge in [0, 0.05) is 21.7 Å². The van der Waals surface area contributed by atoms with Gasteiger partial charge in [-0.2, -0.15) is 0 Å². The monoisotopic (exact) mass is 192 g/mol. The van der Waals surface area contributed by atoms with Crippen LogP contribution in [0, 0.1) is 0 Å². The van der Waals surface area contributed by atoms with Gasteiger partial charge in [-0.05, 0) is 13.8 Å². The van der Waals surface area contributed by atoms with Gasteiger partial charge in [-0.25, -0.2) is 4.79 Å². The predicted octanol–water partition coefficient (Wildman–Crippen LogP) is 1.10. The zero-order chi connectivity index (χ0) is 7.98. The van der Waals surface area contributed by atoms with Crippen LogP contribution in [-0.4, -0.2) is 19.7 Å². The minimum atomic E-state index is -0.353. The largest absolute Gasteiger partial charge is 0.501 e. The Labute approximate surface area is 81.6 Å². The molecule has 0 saturated carbocycles. The van der Waals surface area contributed by atoms with Crippen LogP contribution in [0.4, 0.5) is 0 Å². The predicted molar refractivity (Wildman–Crippen MR) is 37.4 cm³/mol. The standard InChI is InChI=1S/C7H12O3.Ti/c1-4-10-5-6(2)7(8)9-3;/h5H,4H2,1-3H3;. The second kappa shape index (κ2) is 7.83. The Balaban J connectivity index is 0. The molecule has 4 heteroatoms. The summed E-state index contributed by atoms with van der Waals surface area (Å²) in [5, 5.41) is 0. The molecular formula is C7H12O3Ti. The van der Waals surface area contributed by atoms with E-state index >= 15 is 0 Å². The summed E-state index contributed by atoms with van der Waals surface area (Å²) >= 11 is 0. The van der Waals surface area contributed by atoms with Gasteiger partial charge in [0.15, 0.2) is 0 Å². The first-order chi connectivity index (χ1) is 4.72. The summed E-state index contributed by atoms with van der Waals surface area (Å²) in [6.07, 6.45) is 1.39. The molecule has 0 atom stereocenters. The Kier molecular flexibility index (Phi) is 9.48. The molecule has 0 radical (unpaired) electrons. The van der Waals surface area contributed by atoms with E-state index in [1.54, 1.807) is 6.92 Å². The first-order valence-corrected chi connectivity index (χ1v) is 3.09. The molecule has 0 aliphatic rings. The molecule has 0 aromatic rings. The molecule has 0 unspecified atom stereocenters. The van der Waals surface area contributed by atoms with Crippen molar-refractivity contribution < 1.29 is 36.0 Å². The molecule has 0 spiro atoms. The normalized spacial score (nSPS) is 9.91. The maximum absolute atomic E-state index is 10.6. The van der Waals surface area contributed by atoms with Gasteiger partial charge in [0.25, 0.3) is 0 Å². The molecule has 0 N–H and O–H groups in total. The maximum atomic E-state index is 10.6. The summed E-state index contributed by atoms with van der Waals surface area (Å²) in [4.78, 5) is 10.6. The summed E-state index contributed by atoms with van der Waals surface area (Å²) in [7, 11) is 1.34. The van der Waals surface area contributed by atoms with Crippen LogP contribution in [0.15, 0.2) is 11.8 Å². The summed E-state index contributed by atoms with van der Waals surface area (Å²) in [5.74, 6) is -0.353. The minimum Gasteiger partial charge on any atom is -0.501 e. The SMILES string of the molecule is CCOC=C(C)C(=O)OC.[Ti]. The van der Waals surface area contributed by atoms with Crippen molar-refractivity contribution in [1.82, 2.24) is 0 Å². The molecule has 0 heterocycles. The van der Waals surface area contributed by atoms with Crippen LogP contribution in [0.5, 0.6) is 0 Å². The molecule has 0 bridgehead atoms. The van der Waals surface area contributed by atoms with E-state index in [2.05, 4.69) is 4.74 Å². The Hall–Kier alpha value is -0.276. The number of esters is 1. The van der Waals surface area contributed by atoms with E-state index in [-0.39, 0.29) is 27.7 Å². The van der Waals surface area contributed by atoms with Crippen LogP contribution in [0.25, 0.3) is 0 Å². The van der Waals surface area contributed by atoms with Gasteiger partial charge in [-0.1, -0.05) is 0 Å². The zero-order valence-electron chi connectivity index (χ0n) is 7.01. The molecule has 3 nitrogen and oxygen atoms in total. The number of hydrogen-bond donors (Lipinski definition) is 0. The summed E-state index contributed by atoms with van der Waals surface area (Å²) in [5.41, 5.74) is 0.476. The topological polar surface area (TPSA) is 35.5 Å². The van der Waals surface area contributed by atoms with Gasteiger partial charge in [-0.15, -0.1) is 0 Å². The van der Waals surface area contributed by atoms with Crippen molar-refractivity contribution in [2.75, 3.05) is 13.7 Å². The van der Waals surface area contributed by atoms with Gasteiger partial charge >= 0.3 is 5.97 Å². The number of methoxy groups -OCH3 is 1. The average Bonchev–Trinajstić information content (AvgIpc) is 1.98. The third-order valence-corrected chi connectivity index (χ3v) is 0.934. The number of hydrogen-bond acceptors (Lipinski definition) is 3. The van der Waals surface area contributed by atoms with Crippen molar-refractivity contribution in [2.45, 2.75) is 13.8 Å². The van der Waals surface area contributed by atoms with Gasteiger partial charge in [-0.3, -0.25) is 0 Å². The molecule has 0 amide bonds. The molecular weight excluding hydrogens is 180 g/mol. The van der Waals surface area contributed by atoms with Crippen molar-refractivity contribution in [1.29, 1.82) is 0 Å². The van der Waals surface area contributed by atoms with Crippen LogP contribution in [0.2, 0.25) is 0 Å². The van der Waals surface area contributed by atoms with E-state index < -0.39 is 0 Å². The molecule has 0 aromatic heterocycles. The number of rotatable bonds is 3. The van der Waals surface area contributed by atoms with Gasteiger partial charge in [0.05, 0.1) is 25.6 Å². The third-order valence-electron chi connectivity index (χ3n) is 0.934. The molecule has 0 aliphatic heterocycles. The molecule has 62 valence electrons. The van der Waals surface area contributed by atoms with Crippen LogP contribution in [0.1, 0.15) is 13.8 Å². The quantitative estimate of drug-likeness (QED) is 0.290. The molecule has 0 saturated heterocycles. The summed E-state index contributed by atoms with van der Waals surface area (Å²) in [6, 6.07) is 0. The average molecular weight is 192 g/mol. The van der Waals surface area contributed by atoms with E-state index in [9.17, 15) is 4.79 Å². The van der Waals surface area contributed by atoms with Crippen LogP contribution < -0.4 is 0 Å². The smallest absolute Gasteiger partial charge is 0.336 e. The Morgan fingerprint density at radius 3 is 2.45 bits per heavy atom. The van der Waals surface area contributed by atoms with Gasteiger partial charge < -0.3 is 9.47 Å². The molecule has 0 fully saturated rings. The molecule has 0 aliphatic carbocycles. The van der Waals surface area contributed by atoms with Crippen molar-refractivity contribution in [3.05, 3.63) is 11.8 Å². The first kappa shape index (κ1) is 13.3. The van der Waals surface area contributed by atoms with Gasteiger partial charge in [0.1, 0.15) is 0 Å². The van der Waals surface area contributed by atoms with Crippen molar-refractivity contribution in [2.24, 2.45) is 0 Å². The molecule has 0 aromatic carbocycles. The molecule has 0 rings (SSSR count). The van der Waals surface area contributed by atoms with Gasteiger partial charge in [0.2, 0.25) is 0 Å². The maximum Gasteiger partial charge on any atom is 0.336 e. The Morgan fingerprint density at radius 1 is 1.55 bits per heavy atom. The second-order valence-corrected chi connectivity index (χ2v) is 1.75. The van der Waals surface area contributed by atoms with E-state index in [0.29, 0.717) is 12.2 Å². The third kappa shape index (κ3) is 6.14. The second-order valence-electron chi connectivity index (χ2n) is 1.75. The van der Waals surface area contributed by atoms with Crippen molar-refractivity contribution >= 4 is 5.97 Å². The van der Waals surface area contributed by atoms with E-state index in [4.69, 9.17) is 4.74 Å². The van der Waals surface area contributed by atoms with Crippen molar-refractivity contribution in [3.63, 3.8) is 0 Å². The minimum absolute atomic E-state index is 0. The fraction of sp³-hybridized carbons (Fsp3) is 0.571. The molecule has 11 heavy (non-hydrogen) atoms. The van der Waals surface area contributed by atoms with E-state index in [0.717, 1.165) is 0 Å². The van der Waals surface area contributed by atoms with E-state index in [1.165, 1.54) is 13.4 Å². The first-order valence-electron chi connectivity index (χ1n) is 3.09. The summed E-state index contributed by atoms with van der Waals surface area (Å²) < 4.78 is 9.28. The fourth-order valence-corrected chi connectivity index (χ4v) is 0.417. The van der Waals surface area contributed by atoms with E-state index in [1.807, 2.05) is 6.92 Å². The zero-order valence-corrected chi connectivity index (χ0v) is 8.57. The van der Waals surface area contributed by atoms with Crippen molar-refractivity contribution in [3.8, 4) is 0 Å². The summed E-state index contributed by atoms with van der Waals surface area (Å²) in [6.45, 7) is 4.05. The number of carbonyl (C=O) groups excluding carboxylic acids is 1. The number of ether oxygens (including phenoxy) is 2. The number of carbonyl (C=O) groups is 1. The van der Waals surface area contributed by atoms with Crippen LogP contribution in [-0.2, 0) is 36.0 Å². The van der Waals surface area contributed by atoms with Crippen LogP contribution in [0.3, 0.4) is 0 Å². The Bertz CT molecular complexity index is 143. The Morgan fingerprint density at radius 2 is 2.09 bits per heavy atom. The van der Waals surface area contributed by atoms with Crippen LogP contribution >= 0.6 is 0 Å². The fourth-order valence-electron chi connectivity index (χ4n) is 0.417.